The summed E-state index contributed by atoms with van der Waals surface area (Å²) < 4.78 is 5.25. The third kappa shape index (κ3) is 5.61. The van der Waals surface area contributed by atoms with Crippen LogP contribution in [-0.2, 0) is 5.75 Å². The maximum absolute atomic E-state index is 12.6. The molecule has 1 fully saturated rings. The van der Waals surface area contributed by atoms with Crippen LogP contribution < -0.4 is 5.32 Å². The van der Waals surface area contributed by atoms with Crippen molar-refractivity contribution in [1.29, 1.82) is 0 Å². The molecular weight excluding hydrogens is 346 g/mol. The van der Waals surface area contributed by atoms with Crippen LogP contribution in [0.25, 0.3) is 0 Å². The van der Waals surface area contributed by atoms with Crippen LogP contribution in [-0.4, -0.2) is 42.1 Å². The quantitative estimate of drug-likeness (QED) is 0.562. The van der Waals surface area contributed by atoms with E-state index in [0.29, 0.717) is 5.75 Å². The number of benzene rings is 1. The predicted molar refractivity (Wildman–Crippen MR) is 104 cm³/mol. The van der Waals surface area contributed by atoms with E-state index in [1.807, 2.05) is 37.3 Å². The van der Waals surface area contributed by atoms with E-state index in [4.69, 9.17) is 4.52 Å². The molecule has 1 aliphatic rings. The molecule has 2 heterocycles. The Morgan fingerprint density at radius 3 is 2.85 bits per heavy atom. The molecule has 1 aromatic heterocycles. The number of hydrogen-bond acceptors (Lipinski definition) is 5. The Labute approximate surface area is 159 Å². The van der Waals surface area contributed by atoms with E-state index in [1.54, 1.807) is 11.8 Å². The van der Waals surface area contributed by atoms with Crippen molar-refractivity contribution < 1.29 is 9.32 Å². The number of aromatic nitrogens is 1. The van der Waals surface area contributed by atoms with Crippen molar-refractivity contribution in [1.82, 2.24) is 15.4 Å². The summed E-state index contributed by atoms with van der Waals surface area (Å²) in [4.78, 5) is 16.0. The number of aryl methyl sites for hydroxylation is 1. The molecule has 0 aliphatic carbocycles. The molecule has 0 atom stereocenters. The van der Waals surface area contributed by atoms with Gasteiger partial charge in [-0.3, -0.25) is 4.79 Å². The lowest BCUT2D eigenvalue weighted by molar-refractivity contribution is 0.0948. The molecule has 0 saturated carbocycles. The first kappa shape index (κ1) is 19.0. The van der Waals surface area contributed by atoms with Crippen molar-refractivity contribution in [2.24, 2.45) is 0 Å². The summed E-state index contributed by atoms with van der Waals surface area (Å²) in [6.45, 7) is 6.10. The van der Waals surface area contributed by atoms with Crippen LogP contribution in [0.5, 0.6) is 0 Å². The SMILES string of the molecule is Cc1cc(CSc2ccccc2C(=O)NCCCN2CCCCC2)on1. The highest BCUT2D eigenvalue weighted by molar-refractivity contribution is 7.98. The first-order valence-corrected chi connectivity index (χ1v) is 10.4. The Bertz CT molecular complexity index is 711. The van der Waals surface area contributed by atoms with Crippen LogP contribution in [0.3, 0.4) is 0 Å². The standard InChI is InChI=1S/C20H27N3O2S/c1-16-14-17(25-22-16)15-26-19-9-4-3-8-18(19)20(24)21-10-7-13-23-11-5-2-6-12-23/h3-4,8-9,14H,2,5-7,10-13,15H2,1H3,(H,21,24). The van der Waals surface area contributed by atoms with E-state index in [1.165, 1.54) is 32.4 Å². The molecule has 2 aromatic rings. The van der Waals surface area contributed by atoms with E-state index in [-0.39, 0.29) is 5.91 Å². The number of rotatable bonds is 8. The van der Waals surface area contributed by atoms with Crippen molar-refractivity contribution in [3.63, 3.8) is 0 Å². The molecule has 140 valence electrons. The Morgan fingerprint density at radius 1 is 1.27 bits per heavy atom. The van der Waals surface area contributed by atoms with Crippen LogP contribution in [0.2, 0.25) is 0 Å². The maximum atomic E-state index is 12.6. The molecule has 0 unspecified atom stereocenters. The lowest BCUT2D eigenvalue weighted by Gasteiger charge is -2.26. The number of piperidine rings is 1. The van der Waals surface area contributed by atoms with Crippen LogP contribution in [0, 0.1) is 6.92 Å². The van der Waals surface area contributed by atoms with Gasteiger partial charge in [0.1, 0.15) is 5.76 Å². The van der Waals surface area contributed by atoms with E-state index in [2.05, 4.69) is 15.4 Å². The number of amides is 1. The molecule has 1 saturated heterocycles. The van der Waals surface area contributed by atoms with Gasteiger partial charge in [0.15, 0.2) is 0 Å². The second-order valence-corrected chi connectivity index (χ2v) is 7.75. The second-order valence-electron chi connectivity index (χ2n) is 6.73. The molecule has 0 radical (unpaired) electrons. The van der Waals surface area contributed by atoms with Gasteiger partial charge >= 0.3 is 0 Å². The molecule has 0 bridgehead atoms. The van der Waals surface area contributed by atoms with Crippen LogP contribution in [0.15, 0.2) is 39.8 Å². The molecule has 5 nitrogen and oxygen atoms in total. The molecule has 26 heavy (non-hydrogen) atoms. The van der Waals surface area contributed by atoms with Gasteiger partial charge in [0, 0.05) is 17.5 Å². The van der Waals surface area contributed by atoms with Crippen molar-refractivity contribution >= 4 is 17.7 Å². The van der Waals surface area contributed by atoms with E-state index >= 15 is 0 Å². The molecular formula is C20H27N3O2S. The highest BCUT2D eigenvalue weighted by atomic mass is 32.2. The van der Waals surface area contributed by atoms with Gasteiger partial charge in [0.05, 0.1) is 17.0 Å². The van der Waals surface area contributed by atoms with Crippen molar-refractivity contribution in [2.45, 2.75) is 43.3 Å². The van der Waals surface area contributed by atoms with E-state index in [9.17, 15) is 4.79 Å². The average Bonchev–Trinajstić information content (AvgIpc) is 3.10. The predicted octanol–water partition coefficient (Wildman–Crippen LogP) is 3.88. The summed E-state index contributed by atoms with van der Waals surface area (Å²) in [6, 6.07) is 9.66. The molecule has 1 aromatic carbocycles. The zero-order chi connectivity index (χ0) is 18.2. The largest absolute Gasteiger partial charge is 0.360 e. The summed E-state index contributed by atoms with van der Waals surface area (Å²) in [5.74, 6) is 1.49. The Morgan fingerprint density at radius 2 is 2.08 bits per heavy atom. The van der Waals surface area contributed by atoms with Gasteiger partial charge in [-0.15, -0.1) is 11.8 Å². The maximum Gasteiger partial charge on any atom is 0.252 e. The van der Waals surface area contributed by atoms with Gasteiger partial charge in [-0.1, -0.05) is 23.7 Å². The van der Waals surface area contributed by atoms with Crippen molar-refractivity contribution in [3.05, 3.63) is 47.3 Å². The molecule has 3 rings (SSSR count). The van der Waals surface area contributed by atoms with Crippen LogP contribution >= 0.6 is 11.8 Å². The Balaban J connectivity index is 1.47. The number of thioether (sulfide) groups is 1. The minimum atomic E-state index is 0.000458. The molecule has 1 N–H and O–H groups in total. The minimum Gasteiger partial charge on any atom is -0.360 e. The summed E-state index contributed by atoms with van der Waals surface area (Å²) in [7, 11) is 0. The van der Waals surface area contributed by atoms with Gasteiger partial charge < -0.3 is 14.7 Å². The van der Waals surface area contributed by atoms with Gasteiger partial charge in [-0.2, -0.15) is 0 Å². The first-order chi connectivity index (χ1) is 12.7. The van der Waals surface area contributed by atoms with E-state index < -0.39 is 0 Å². The fraction of sp³-hybridized carbons (Fsp3) is 0.500. The summed E-state index contributed by atoms with van der Waals surface area (Å²) in [5, 5.41) is 6.97. The highest BCUT2D eigenvalue weighted by Crippen LogP contribution is 2.26. The molecule has 0 spiro atoms. The van der Waals surface area contributed by atoms with Crippen molar-refractivity contribution in [3.8, 4) is 0 Å². The lowest BCUT2D eigenvalue weighted by Crippen LogP contribution is -2.33. The van der Waals surface area contributed by atoms with Crippen LogP contribution in [0.1, 0.15) is 47.5 Å². The monoisotopic (exact) mass is 373 g/mol. The van der Waals surface area contributed by atoms with Gasteiger partial charge in [0.25, 0.3) is 5.91 Å². The smallest absolute Gasteiger partial charge is 0.252 e. The summed E-state index contributed by atoms with van der Waals surface area (Å²) >= 11 is 1.60. The van der Waals surface area contributed by atoms with Gasteiger partial charge in [-0.25, -0.2) is 0 Å². The third-order valence-electron chi connectivity index (χ3n) is 4.56. The lowest BCUT2D eigenvalue weighted by atomic mass is 10.1. The highest BCUT2D eigenvalue weighted by Gasteiger charge is 2.13. The summed E-state index contributed by atoms with van der Waals surface area (Å²) in [5.41, 5.74) is 1.60. The minimum absolute atomic E-state index is 0.000458. The number of carbonyl (C=O) groups is 1. The third-order valence-corrected chi connectivity index (χ3v) is 5.66. The van der Waals surface area contributed by atoms with Crippen LogP contribution in [0.4, 0.5) is 0 Å². The summed E-state index contributed by atoms with van der Waals surface area (Å²) in [6.07, 6.45) is 4.97. The van der Waals surface area contributed by atoms with Crippen molar-refractivity contribution in [2.75, 3.05) is 26.2 Å². The Hall–Kier alpha value is -1.79. The zero-order valence-corrected chi connectivity index (χ0v) is 16.2. The number of hydrogen-bond donors (Lipinski definition) is 1. The number of likely N-dealkylation sites (tertiary alicyclic amines) is 1. The van der Waals surface area contributed by atoms with Gasteiger partial charge in [0.2, 0.25) is 0 Å². The molecule has 6 heteroatoms. The second kappa shape index (κ2) is 9.78. The molecule has 1 amide bonds. The Kier molecular flexibility index (Phi) is 7.14. The average molecular weight is 374 g/mol. The van der Waals surface area contributed by atoms with Gasteiger partial charge in [-0.05, 0) is 58.0 Å². The number of carbonyl (C=O) groups excluding carboxylic acids is 1. The van der Waals surface area contributed by atoms with E-state index in [0.717, 1.165) is 41.4 Å². The topological polar surface area (TPSA) is 58.4 Å². The molecule has 1 aliphatic heterocycles. The zero-order valence-electron chi connectivity index (χ0n) is 15.4. The normalized spacial score (nSPS) is 15.1. The number of nitrogens with one attached hydrogen (secondary N) is 1. The number of nitrogens with zero attached hydrogens (tertiary/aromatic N) is 2. The first-order valence-electron chi connectivity index (χ1n) is 9.37. The fourth-order valence-electron chi connectivity index (χ4n) is 3.20. The fourth-order valence-corrected chi connectivity index (χ4v) is 4.12.